The largest absolute Gasteiger partial charge is 0.328 e. The van der Waals surface area contributed by atoms with Gasteiger partial charge in [0.15, 0.2) is 0 Å². The van der Waals surface area contributed by atoms with E-state index in [1.54, 1.807) is 25.2 Å². The van der Waals surface area contributed by atoms with Gasteiger partial charge in [0, 0.05) is 11.8 Å². The topological polar surface area (TPSA) is 54.9 Å². The van der Waals surface area contributed by atoms with Crippen molar-refractivity contribution in [2.75, 3.05) is 0 Å². The van der Waals surface area contributed by atoms with Gasteiger partial charge >= 0.3 is 5.69 Å². The molecular formula is C12H14N2O2. The Kier molecular flexibility index (Phi) is 3.83. The third-order valence-electron chi connectivity index (χ3n) is 2.18. The maximum Gasteiger partial charge on any atom is 0.328 e. The van der Waals surface area contributed by atoms with Gasteiger partial charge in [-0.25, -0.2) is 4.79 Å². The summed E-state index contributed by atoms with van der Waals surface area (Å²) in [7, 11) is 0. The molecule has 0 amide bonds. The van der Waals surface area contributed by atoms with Crippen LogP contribution in [0.5, 0.6) is 0 Å². The summed E-state index contributed by atoms with van der Waals surface area (Å²) >= 11 is 0. The Labute approximate surface area is 93.3 Å². The zero-order chi connectivity index (χ0) is 12.1. The van der Waals surface area contributed by atoms with Gasteiger partial charge in [-0.05, 0) is 12.5 Å². The van der Waals surface area contributed by atoms with Crippen molar-refractivity contribution in [3.05, 3.63) is 69.6 Å². The van der Waals surface area contributed by atoms with Crippen molar-refractivity contribution >= 4 is 0 Å². The smallest absolute Gasteiger partial charge is 0.294 e. The zero-order valence-corrected chi connectivity index (χ0v) is 9.19. The van der Waals surface area contributed by atoms with E-state index in [0.717, 1.165) is 5.57 Å². The zero-order valence-electron chi connectivity index (χ0n) is 9.19. The van der Waals surface area contributed by atoms with Crippen molar-refractivity contribution in [1.29, 1.82) is 0 Å². The Balaban J connectivity index is 3.20. The maximum absolute atomic E-state index is 11.5. The van der Waals surface area contributed by atoms with Gasteiger partial charge in [-0.2, -0.15) is 0 Å². The lowest BCUT2D eigenvalue weighted by molar-refractivity contribution is 0.693. The van der Waals surface area contributed by atoms with E-state index in [0.29, 0.717) is 12.2 Å². The molecule has 0 fully saturated rings. The minimum atomic E-state index is -0.415. The average Bonchev–Trinajstić information content (AvgIpc) is 2.21. The molecule has 0 aliphatic carbocycles. The van der Waals surface area contributed by atoms with Crippen LogP contribution in [0.3, 0.4) is 0 Å². The molecule has 0 aromatic carbocycles. The van der Waals surface area contributed by atoms with Crippen LogP contribution in [0.1, 0.15) is 5.69 Å². The lowest BCUT2D eigenvalue weighted by atomic mass is 10.2. The molecule has 16 heavy (non-hydrogen) atoms. The van der Waals surface area contributed by atoms with Crippen molar-refractivity contribution < 1.29 is 0 Å². The van der Waals surface area contributed by atoms with Crippen LogP contribution < -0.4 is 11.2 Å². The number of nitrogens with one attached hydrogen (secondary N) is 1. The summed E-state index contributed by atoms with van der Waals surface area (Å²) < 4.78 is 1.47. The predicted octanol–water partition coefficient (Wildman–Crippen LogP) is 1.14. The second kappa shape index (κ2) is 5.11. The number of rotatable bonds is 4. The van der Waals surface area contributed by atoms with Crippen LogP contribution in [-0.4, -0.2) is 9.55 Å². The highest BCUT2D eigenvalue weighted by Gasteiger charge is 2.02. The molecule has 0 unspecified atom stereocenters. The molecule has 0 saturated heterocycles. The molecule has 0 aliphatic rings. The van der Waals surface area contributed by atoms with Gasteiger partial charge in [-0.15, -0.1) is 0 Å². The Morgan fingerprint density at radius 3 is 2.69 bits per heavy atom. The lowest BCUT2D eigenvalue weighted by Gasteiger charge is -2.08. The van der Waals surface area contributed by atoms with Crippen molar-refractivity contribution in [2.24, 2.45) is 0 Å². The molecule has 1 aromatic heterocycles. The fourth-order valence-corrected chi connectivity index (χ4v) is 1.35. The third-order valence-corrected chi connectivity index (χ3v) is 2.18. The average molecular weight is 218 g/mol. The summed E-state index contributed by atoms with van der Waals surface area (Å²) in [6.45, 7) is 9.31. The van der Waals surface area contributed by atoms with Crippen LogP contribution in [0.25, 0.3) is 0 Å². The number of H-pyrrole nitrogens is 1. The number of aryl methyl sites for hydroxylation is 1. The van der Waals surface area contributed by atoms with E-state index in [1.807, 2.05) is 0 Å². The molecule has 0 bridgehead atoms. The highest BCUT2D eigenvalue weighted by atomic mass is 16.2. The third kappa shape index (κ3) is 2.70. The first-order valence-electron chi connectivity index (χ1n) is 4.83. The quantitative estimate of drug-likeness (QED) is 0.770. The summed E-state index contributed by atoms with van der Waals surface area (Å²) in [5.41, 5.74) is 0.672. The maximum atomic E-state index is 11.5. The van der Waals surface area contributed by atoms with Crippen molar-refractivity contribution in [2.45, 2.75) is 13.5 Å². The van der Waals surface area contributed by atoms with E-state index in [-0.39, 0.29) is 5.56 Å². The standard InChI is InChI=1S/C12H14N2O2/c1-4-6-10(5-2)8-14-9(3)7-11(15)13-12(14)16/h4-7H,1-2,8H2,3H3,(H,13,15,16)/b10-6+. The molecule has 1 aromatic rings. The Bertz CT molecular complexity index is 547. The van der Waals surface area contributed by atoms with Crippen molar-refractivity contribution in [3.8, 4) is 0 Å². The molecule has 0 saturated carbocycles. The van der Waals surface area contributed by atoms with Gasteiger partial charge in [0.25, 0.3) is 5.56 Å². The molecule has 84 valence electrons. The van der Waals surface area contributed by atoms with Gasteiger partial charge in [0.2, 0.25) is 0 Å². The predicted molar refractivity (Wildman–Crippen MR) is 64.5 cm³/mol. The minimum absolute atomic E-state index is 0.372. The van der Waals surface area contributed by atoms with Crippen LogP contribution in [-0.2, 0) is 6.54 Å². The van der Waals surface area contributed by atoms with Crippen LogP contribution in [0.2, 0.25) is 0 Å². The molecule has 0 aliphatic heterocycles. The SMILES string of the molecule is C=C/C=C(\C=C)Cn1c(C)cc(=O)[nH]c1=O. The van der Waals surface area contributed by atoms with E-state index in [4.69, 9.17) is 0 Å². The molecule has 4 heteroatoms. The second-order valence-electron chi connectivity index (χ2n) is 3.35. The van der Waals surface area contributed by atoms with E-state index in [2.05, 4.69) is 18.1 Å². The Hall–Kier alpha value is -2.10. The number of hydrogen-bond acceptors (Lipinski definition) is 2. The van der Waals surface area contributed by atoms with Crippen molar-refractivity contribution in [3.63, 3.8) is 0 Å². The first kappa shape index (κ1) is 12.0. The van der Waals surface area contributed by atoms with Gasteiger partial charge in [-0.1, -0.05) is 31.4 Å². The Morgan fingerprint density at radius 2 is 2.19 bits per heavy atom. The number of aromatic amines is 1. The molecular weight excluding hydrogens is 204 g/mol. The Morgan fingerprint density at radius 1 is 1.50 bits per heavy atom. The van der Waals surface area contributed by atoms with E-state index in [1.165, 1.54) is 10.6 Å². The summed E-state index contributed by atoms with van der Waals surface area (Å²) in [6.07, 6.45) is 5.05. The summed E-state index contributed by atoms with van der Waals surface area (Å²) in [6, 6.07) is 1.38. The van der Waals surface area contributed by atoms with Gasteiger partial charge in [-0.3, -0.25) is 14.3 Å². The first-order valence-corrected chi connectivity index (χ1v) is 4.83. The highest BCUT2D eigenvalue weighted by Crippen LogP contribution is 2.01. The molecule has 1 rings (SSSR count). The van der Waals surface area contributed by atoms with Crippen LogP contribution >= 0.6 is 0 Å². The van der Waals surface area contributed by atoms with Gasteiger partial charge in [0.1, 0.15) is 0 Å². The van der Waals surface area contributed by atoms with E-state index >= 15 is 0 Å². The molecule has 0 atom stereocenters. The van der Waals surface area contributed by atoms with Gasteiger partial charge < -0.3 is 0 Å². The first-order chi connectivity index (χ1) is 7.58. The van der Waals surface area contributed by atoms with Crippen LogP contribution in [0.4, 0.5) is 0 Å². The van der Waals surface area contributed by atoms with Gasteiger partial charge in [0.05, 0.1) is 6.54 Å². The van der Waals surface area contributed by atoms with Crippen LogP contribution in [0, 0.1) is 6.92 Å². The minimum Gasteiger partial charge on any atom is -0.294 e. The number of nitrogens with zero attached hydrogens (tertiary/aromatic N) is 1. The van der Waals surface area contributed by atoms with E-state index in [9.17, 15) is 9.59 Å². The fraction of sp³-hybridized carbons (Fsp3) is 0.167. The lowest BCUT2D eigenvalue weighted by Crippen LogP contribution is -2.31. The summed E-state index contributed by atoms with van der Waals surface area (Å²) in [4.78, 5) is 24.8. The van der Waals surface area contributed by atoms with Crippen LogP contribution in [0.15, 0.2) is 52.6 Å². The van der Waals surface area contributed by atoms with Crippen molar-refractivity contribution in [1.82, 2.24) is 9.55 Å². The number of aromatic nitrogens is 2. The molecule has 0 spiro atoms. The molecule has 0 radical (unpaired) electrons. The summed E-state index contributed by atoms with van der Waals surface area (Å²) in [5, 5.41) is 0. The van der Waals surface area contributed by atoms with E-state index < -0.39 is 5.69 Å². The monoisotopic (exact) mass is 218 g/mol. The number of allylic oxidation sites excluding steroid dienone is 4. The second-order valence-corrected chi connectivity index (χ2v) is 3.35. The molecule has 1 heterocycles. The normalized spacial score (nSPS) is 11.2. The molecule has 1 N–H and O–H groups in total. The number of hydrogen-bond donors (Lipinski definition) is 1. The molecule has 4 nitrogen and oxygen atoms in total. The fourth-order valence-electron chi connectivity index (χ4n) is 1.35. The highest BCUT2D eigenvalue weighted by molar-refractivity contribution is 5.21. The summed E-state index contributed by atoms with van der Waals surface area (Å²) in [5.74, 6) is 0.